The smallest absolute Gasteiger partial charge is 0.336 e. The van der Waals surface area contributed by atoms with Gasteiger partial charge in [-0.2, -0.15) is 0 Å². The van der Waals surface area contributed by atoms with Gasteiger partial charge in [-0.05, 0) is 45.9 Å². The fourth-order valence-corrected chi connectivity index (χ4v) is 5.28. The van der Waals surface area contributed by atoms with Gasteiger partial charge < -0.3 is 19.4 Å². The molecule has 3 aromatic rings. The van der Waals surface area contributed by atoms with E-state index in [4.69, 9.17) is 9.47 Å². The maximum Gasteiger partial charge on any atom is 0.336 e. The lowest BCUT2D eigenvalue weighted by molar-refractivity contribution is -0.140. The molecule has 6 nitrogen and oxygen atoms in total. The van der Waals surface area contributed by atoms with Crippen molar-refractivity contribution in [2.75, 3.05) is 13.2 Å². The summed E-state index contributed by atoms with van der Waals surface area (Å²) in [5, 5.41) is 5.39. The molecule has 33 heavy (non-hydrogen) atoms. The lowest BCUT2D eigenvalue weighted by Crippen LogP contribution is -2.35. The Balaban J connectivity index is 1.94. The quantitative estimate of drug-likeness (QED) is 0.446. The van der Waals surface area contributed by atoms with Gasteiger partial charge in [-0.3, -0.25) is 0 Å². The molecule has 7 heteroatoms. The highest BCUT2D eigenvalue weighted by Crippen LogP contribution is 2.38. The number of nitrogens with one attached hydrogen (secondary N) is 1. The lowest BCUT2D eigenvalue weighted by atomic mass is 9.85. The van der Waals surface area contributed by atoms with Crippen LogP contribution in [0.3, 0.4) is 0 Å². The Bertz CT molecular complexity index is 1280. The molecule has 0 saturated carbocycles. The number of carbonyl (C=O) groups excluding carboxylic acids is 2. The van der Waals surface area contributed by atoms with E-state index in [0.29, 0.717) is 29.1 Å². The zero-order valence-corrected chi connectivity index (χ0v) is 20.8. The largest absolute Gasteiger partial charge is 0.463 e. The van der Waals surface area contributed by atoms with Gasteiger partial charge in [0.2, 0.25) is 0 Å². The van der Waals surface area contributed by atoms with Gasteiger partial charge in [0.15, 0.2) is 0 Å². The molecule has 4 rings (SSSR count). The Morgan fingerprint density at radius 2 is 1.48 bits per heavy atom. The first-order valence-corrected chi connectivity index (χ1v) is 11.9. The minimum atomic E-state index is -0.526. The van der Waals surface area contributed by atoms with Crippen molar-refractivity contribution < 1.29 is 19.1 Å². The second-order valence-electron chi connectivity index (χ2n) is 7.96. The van der Waals surface area contributed by atoms with Gasteiger partial charge in [0, 0.05) is 44.6 Å². The number of nitrogens with zero attached hydrogens (tertiary/aromatic N) is 1. The Kier molecular flexibility index (Phi) is 6.61. The molecular weight excluding hydrogens is 484 g/mol. The monoisotopic (exact) mass is 510 g/mol. The molecule has 2 heterocycles. The van der Waals surface area contributed by atoms with Crippen molar-refractivity contribution in [2.24, 2.45) is 5.92 Å². The predicted molar refractivity (Wildman–Crippen MR) is 132 cm³/mol. The van der Waals surface area contributed by atoms with E-state index in [-0.39, 0.29) is 13.2 Å². The van der Waals surface area contributed by atoms with Crippen LogP contribution in [0, 0.1) is 5.92 Å². The van der Waals surface area contributed by atoms with Crippen LogP contribution in [0.5, 0.6) is 0 Å². The number of ether oxygens (including phenoxy) is 2. The Morgan fingerprint density at radius 1 is 0.909 bits per heavy atom. The number of esters is 2. The topological polar surface area (TPSA) is 69.6 Å². The molecule has 0 radical (unpaired) electrons. The van der Waals surface area contributed by atoms with Gasteiger partial charge in [-0.1, -0.05) is 40.2 Å². The number of aromatic nitrogens is 1. The van der Waals surface area contributed by atoms with Crippen LogP contribution >= 0.6 is 15.9 Å². The molecule has 2 aromatic carbocycles. The van der Waals surface area contributed by atoms with E-state index in [1.54, 1.807) is 13.8 Å². The zero-order chi connectivity index (χ0) is 23.7. The van der Waals surface area contributed by atoms with Crippen LogP contribution < -0.4 is 5.32 Å². The van der Waals surface area contributed by atoms with E-state index in [9.17, 15) is 9.59 Å². The molecule has 0 spiro atoms. The Hall–Kier alpha value is -3.06. The van der Waals surface area contributed by atoms with Gasteiger partial charge in [0.05, 0.1) is 29.9 Å². The molecule has 0 unspecified atom stereocenters. The minimum Gasteiger partial charge on any atom is -0.463 e. The van der Waals surface area contributed by atoms with E-state index >= 15 is 0 Å². The van der Waals surface area contributed by atoms with Crippen molar-refractivity contribution in [3.8, 4) is 0 Å². The second kappa shape index (κ2) is 9.43. The van der Waals surface area contributed by atoms with Crippen LogP contribution in [0.4, 0.5) is 0 Å². The first-order chi connectivity index (χ1) is 15.9. The number of benzene rings is 2. The molecule has 0 bridgehead atoms. The molecule has 0 saturated heterocycles. The van der Waals surface area contributed by atoms with E-state index in [1.807, 2.05) is 38.1 Å². The number of halogens is 1. The number of hydrogen-bond acceptors (Lipinski definition) is 5. The zero-order valence-electron chi connectivity index (χ0n) is 19.2. The van der Waals surface area contributed by atoms with E-state index in [0.717, 1.165) is 26.3 Å². The summed E-state index contributed by atoms with van der Waals surface area (Å²) in [5.41, 5.74) is 4.32. The number of rotatable bonds is 6. The standard InChI is InChI=1S/C26H27BrN2O4/c1-5-32-25(30)22-15(3)28-16(4)23(26(31)33-6-2)18(22)14-29-20-12-8-7-10-17(20)24-19(27)11-9-13-21(24)29/h7-13,18,28H,5-6,14H2,1-4H3. The van der Waals surface area contributed by atoms with Crippen LogP contribution in [0.1, 0.15) is 27.7 Å². The second-order valence-corrected chi connectivity index (χ2v) is 8.81. The third kappa shape index (κ3) is 4.06. The minimum absolute atomic E-state index is 0.252. The van der Waals surface area contributed by atoms with Crippen molar-refractivity contribution >= 4 is 49.7 Å². The van der Waals surface area contributed by atoms with Crippen LogP contribution in [0.15, 0.2) is 69.5 Å². The van der Waals surface area contributed by atoms with E-state index < -0.39 is 17.9 Å². The van der Waals surface area contributed by atoms with Crippen molar-refractivity contribution in [1.29, 1.82) is 0 Å². The highest BCUT2D eigenvalue weighted by Gasteiger charge is 2.37. The van der Waals surface area contributed by atoms with Crippen molar-refractivity contribution in [1.82, 2.24) is 9.88 Å². The number of hydrogen-bond donors (Lipinski definition) is 1. The van der Waals surface area contributed by atoms with Crippen LogP contribution in [-0.4, -0.2) is 29.7 Å². The molecule has 0 atom stereocenters. The first kappa shape index (κ1) is 23.1. The predicted octanol–water partition coefficient (Wildman–Crippen LogP) is 5.45. The summed E-state index contributed by atoms with van der Waals surface area (Å²) in [7, 11) is 0. The fraction of sp³-hybridized carbons (Fsp3) is 0.308. The molecule has 1 aromatic heterocycles. The van der Waals surface area contributed by atoms with Gasteiger partial charge in [0.25, 0.3) is 0 Å². The number of carbonyl (C=O) groups is 2. The molecule has 1 aliphatic heterocycles. The highest BCUT2D eigenvalue weighted by molar-refractivity contribution is 9.10. The van der Waals surface area contributed by atoms with Gasteiger partial charge in [-0.25, -0.2) is 9.59 Å². The molecule has 1 aliphatic rings. The van der Waals surface area contributed by atoms with E-state index in [2.05, 4.69) is 44.0 Å². The average molecular weight is 511 g/mol. The third-order valence-electron chi connectivity index (χ3n) is 5.98. The van der Waals surface area contributed by atoms with E-state index in [1.165, 1.54) is 0 Å². The Labute approximate surface area is 201 Å². The molecule has 0 amide bonds. The molecular formula is C26H27BrN2O4. The van der Waals surface area contributed by atoms with Gasteiger partial charge in [0.1, 0.15) is 0 Å². The molecule has 0 fully saturated rings. The number of dihydropyridines is 1. The summed E-state index contributed by atoms with van der Waals surface area (Å²) < 4.78 is 13.9. The number of allylic oxidation sites excluding steroid dienone is 2. The number of fused-ring (bicyclic) bond motifs is 3. The summed E-state index contributed by atoms with van der Waals surface area (Å²) in [6.45, 7) is 8.12. The number of para-hydroxylation sites is 1. The van der Waals surface area contributed by atoms with Gasteiger partial charge >= 0.3 is 11.9 Å². The van der Waals surface area contributed by atoms with Crippen molar-refractivity contribution in [2.45, 2.75) is 34.2 Å². The summed E-state index contributed by atoms with van der Waals surface area (Å²) in [6, 6.07) is 14.2. The van der Waals surface area contributed by atoms with Crippen molar-refractivity contribution in [3.05, 3.63) is 69.5 Å². The summed E-state index contributed by atoms with van der Waals surface area (Å²) >= 11 is 3.70. The van der Waals surface area contributed by atoms with Crippen molar-refractivity contribution in [3.63, 3.8) is 0 Å². The summed E-state index contributed by atoms with van der Waals surface area (Å²) in [5.74, 6) is -1.38. The summed E-state index contributed by atoms with van der Waals surface area (Å²) in [4.78, 5) is 26.1. The normalized spacial score (nSPS) is 14.7. The molecule has 172 valence electrons. The molecule has 0 aliphatic carbocycles. The third-order valence-corrected chi connectivity index (χ3v) is 6.64. The fourth-order valence-electron chi connectivity index (χ4n) is 4.71. The van der Waals surface area contributed by atoms with Crippen LogP contribution in [0.25, 0.3) is 21.8 Å². The highest BCUT2D eigenvalue weighted by atomic mass is 79.9. The SMILES string of the molecule is CCOC(=O)C1=C(C)NC(C)=C(C(=O)OCC)C1Cn1c2ccccc2c2c(Br)cccc21. The lowest BCUT2D eigenvalue weighted by Gasteiger charge is -2.30. The average Bonchev–Trinajstić information content (AvgIpc) is 3.09. The maximum atomic E-state index is 13.0. The first-order valence-electron chi connectivity index (χ1n) is 11.1. The summed E-state index contributed by atoms with van der Waals surface area (Å²) in [6.07, 6.45) is 0. The van der Waals surface area contributed by atoms with Crippen LogP contribution in [0.2, 0.25) is 0 Å². The Morgan fingerprint density at radius 3 is 2.09 bits per heavy atom. The van der Waals surface area contributed by atoms with Gasteiger partial charge in [-0.15, -0.1) is 0 Å². The maximum absolute atomic E-state index is 13.0. The van der Waals surface area contributed by atoms with Crippen LogP contribution in [-0.2, 0) is 25.6 Å². The molecule has 1 N–H and O–H groups in total.